The van der Waals surface area contributed by atoms with Crippen LogP contribution in [-0.2, 0) is 12.0 Å². The van der Waals surface area contributed by atoms with E-state index in [4.69, 9.17) is 0 Å². The second-order valence-corrected chi connectivity index (χ2v) is 6.79. The van der Waals surface area contributed by atoms with Gasteiger partial charge >= 0.3 is 0 Å². The van der Waals surface area contributed by atoms with Crippen LogP contribution in [0.1, 0.15) is 36.8 Å². The Balaban J connectivity index is 1.52. The van der Waals surface area contributed by atoms with Crippen molar-refractivity contribution in [3.8, 4) is 0 Å². The number of hydrogen-bond acceptors (Lipinski definition) is 2. The van der Waals surface area contributed by atoms with Crippen molar-refractivity contribution in [3.63, 3.8) is 0 Å². The normalized spacial score (nSPS) is 26.3. The van der Waals surface area contributed by atoms with E-state index in [0.717, 1.165) is 12.5 Å². The Morgan fingerprint density at radius 3 is 2.74 bits per heavy atom. The lowest BCUT2D eigenvalue weighted by molar-refractivity contribution is 0.146. The minimum absolute atomic E-state index is 0.425. The fraction of sp³-hybridized carbons (Fsp3) is 0.647. The summed E-state index contributed by atoms with van der Waals surface area (Å²) in [6.07, 6.45) is 5.63. The van der Waals surface area contributed by atoms with Crippen LogP contribution in [-0.4, -0.2) is 31.1 Å². The number of likely N-dealkylation sites (tertiary alicyclic amines) is 1. The highest BCUT2D eigenvalue weighted by molar-refractivity contribution is 5.37. The van der Waals surface area contributed by atoms with Gasteiger partial charge in [0, 0.05) is 25.0 Å². The molecule has 2 fully saturated rings. The van der Waals surface area contributed by atoms with E-state index in [2.05, 4.69) is 34.5 Å². The molecule has 1 saturated carbocycles. The van der Waals surface area contributed by atoms with Crippen molar-refractivity contribution in [2.24, 2.45) is 5.92 Å². The number of piperidine rings is 1. The maximum Gasteiger partial charge on any atom is 0.0208 e. The number of nitrogens with zero attached hydrogens (tertiary/aromatic N) is 1. The van der Waals surface area contributed by atoms with Crippen molar-refractivity contribution in [2.45, 2.75) is 37.6 Å². The van der Waals surface area contributed by atoms with Gasteiger partial charge in [0.15, 0.2) is 0 Å². The smallest absolute Gasteiger partial charge is 0.0208 e. The van der Waals surface area contributed by atoms with Crippen LogP contribution in [0.3, 0.4) is 0 Å². The van der Waals surface area contributed by atoms with Gasteiger partial charge < -0.3 is 10.2 Å². The zero-order valence-electron chi connectivity index (χ0n) is 11.7. The van der Waals surface area contributed by atoms with Crippen LogP contribution < -0.4 is 5.32 Å². The molecule has 0 atom stereocenters. The zero-order chi connectivity index (χ0) is 12.7. The third-order valence-electron chi connectivity index (χ3n) is 5.39. The fourth-order valence-electron chi connectivity index (χ4n) is 4.00. The first-order chi connectivity index (χ1) is 9.36. The molecule has 1 N–H and O–H groups in total. The Kier molecular flexibility index (Phi) is 2.89. The van der Waals surface area contributed by atoms with Crippen LogP contribution in [0.2, 0.25) is 0 Å². The van der Waals surface area contributed by atoms with E-state index < -0.39 is 0 Å². The second kappa shape index (κ2) is 4.60. The van der Waals surface area contributed by atoms with Crippen LogP contribution in [0.25, 0.3) is 0 Å². The maximum absolute atomic E-state index is 3.65. The van der Waals surface area contributed by atoms with E-state index in [0.29, 0.717) is 5.41 Å². The minimum Gasteiger partial charge on any atom is -0.312 e. The van der Waals surface area contributed by atoms with E-state index in [1.807, 2.05) is 0 Å². The van der Waals surface area contributed by atoms with Gasteiger partial charge in [0.2, 0.25) is 0 Å². The average Bonchev–Trinajstić information content (AvgIpc) is 3.26. The standard InChI is InChI=1S/C17H24N2/c1-2-4-16-15(3-1)11-18-13-17(16)7-9-19(10-8-17)12-14-5-6-14/h1-4,14,18H,5-13H2. The number of benzene rings is 1. The average molecular weight is 256 g/mol. The van der Waals surface area contributed by atoms with Gasteiger partial charge in [-0.3, -0.25) is 0 Å². The van der Waals surface area contributed by atoms with Gasteiger partial charge in [-0.1, -0.05) is 24.3 Å². The zero-order valence-corrected chi connectivity index (χ0v) is 11.7. The summed E-state index contributed by atoms with van der Waals surface area (Å²) in [7, 11) is 0. The van der Waals surface area contributed by atoms with E-state index in [1.165, 1.54) is 57.4 Å². The Hall–Kier alpha value is -0.860. The lowest BCUT2D eigenvalue weighted by Gasteiger charge is -2.45. The van der Waals surface area contributed by atoms with Gasteiger partial charge in [0.25, 0.3) is 0 Å². The van der Waals surface area contributed by atoms with E-state index in [9.17, 15) is 0 Å². The topological polar surface area (TPSA) is 15.3 Å². The molecule has 3 aliphatic rings. The summed E-state index contributed by atoms with van der Waals surface area (Å²) < 4.78 is 0. The molecule has 2 aliphatic heterocycles. The third-order valence-corrected chi connectivity index (χ3v) is 5.39. The Morgan fingerprint density at radius 2 is 1.95 bits per heavy atom. The molecule has 19 heavy (non-hydrogen) atoms. The van der Waals surface area contributed by atoms with Crippen LogP contribution in [0, 0.1) is 5.92 Å². The summed E-state index contributed by atoms with van der Waals surface area (Å²) >= 11 is 0. The summed E-state index contributed by atoms with van der Waals surface area (Å²) in [5, 5.41) is 3.65. The molecule has 0 radical (unpaired) electrons. The molecule has 1 aliphatic carbocycles. The molecule has 4 rings (SSSR count). The lowest BCUT2D eigenvalue weighted by Crippen LogP contribution is -2.50. The van der Waals surface area contributed by atoms with Gasteiger partial charge in [-0.05, 0) is 55.8 Å². The molecule has 0 amide bonds. The SMILES string of the molecule is c1ccc2c(c1)CNCC21CCN(CC2CC2)CC1. The molecule has 102 valence electrons. The number of fused-ring (bicyclic) bond motifs is 2. The Labute approximate surface area is 116 Å². The molecule has 0 bridgehead atoms. The van der Waals surface area contributed by atoms with Gasteiger partial charge in [-0.2, -0.15) is 0 Å². The first kappa shape index (κ1) is 11.9. The highest BCUT2D eigenvalue weighted by Crippen LogP contribution is 2.40. The fourth-order valence-corrected chi connectivity index (χ4v) is 4.00. The summed E-state index contributed by atoms with van der Waals surface area (Å²) in [5.74, 6) is 1.03. The molecule has 1 aromatic rings. The van der Waals surface area contributed by atoms with Crippen molar-refractivity contribution < 1.29 is 0 Å². The van der Waals surface area contributed by atoms with E-state index in [-0.39, 0.29) is 0 Å². The van der Waals surface area contributed by atoms with Gasteiger partial charge in [-0.15, -0.1) is 0 Å². The van der Waals surface area contributed by atoms with Crippen molar-refractivity contribution in [1.29, 1.82) is 0 Å². The quantitative estimate of drug-likeness (QED) is 0.875. The number of rotatable bonds is 2. The van der Waals surface area contributed by atoms with Gasteiger partial charge in [0.05, 0.1) is 0 Å². The van der Waals surface area contributed by atoms with Gasteiger partial charge in [0.1, 0.15) is 0 Å². The van der Waals surface area contributed by atoms with Crippen molar-refractivity contribution in [1.82, 2.24) is 10.2 Å². The summed E-state index contributed by atoms with van der Waals surface area (Å²) in [4.78, 5) is 2.71. The lowest BCUT2D eigenvalue weighted by atomic mass is 9.69. The summed E-state index contributed by atoms with van der Waals surface area (Å²) in [6, 6.07) is 9.09. The van der Waals surface area contributed by atoms with Crippen molar-refractivity contribution in [3.05, 3.63) is 35.4 Å². The van der Waals surface area contributed by atoms with Crippen molar-refractivity contribution >= 4 is 0 Å². The molecule has 2 heteroatoms. The highest BCUT2D eigenvalue weighted by atomic mass is 15.1. The largest absolute Gasteiger partial charge is 0.312 e. The highest BCUT2D eigenvalue weighted by Gasteiger charge is 2.39. The third kappa shape index (κ3) is 2.21. The molecular weight excluding hydrogens is 232 g/mol. The van der Waals surface area contributed by atoms with E-state index >= 15 is 0 Å². The first-order valence-corrected chi connectivity index (χ1v) is 7.87. The summed E-state index contributed by atoms with van der Waals surface area (Å²) in [6.45, 7) is 6.20. The van der Waals surface area contributed by atoms with Crippen LogP contribution in [0.15, 0.2) is 24.3 Å². The molecular formula is C17H24N2. The minimum atomic E-state index is 0.425. The molecule has 1 aromatic carbocycles. The monoisotopic (exact) mass is 256 g/mol. The Bertz CT molecular complexity index is 456. The molecule has 2 heterocycles. The number of nitrogens with one attached hydrogen (secondary N) is 1. The molecule has 0 unspecified atom stereocenters. The summed E-state index contributed by atoms with van der Waals surface area (Å²) in [5.41, 5.74) is 3.60. The first-order valence-electron chi connectivity index (χ1n) is 7.87. The Morgan fingerprint density at radius 1 is 1.16 bits per heavy atom. The van der Waals surface area contributed by atoms with Crippen LogP contribution in [0.4, 0.5) is 0 Å². The van der Waals surface area contributed by atoms with Gasteiger partial charge in [-0.25, -0.2) is 0 Å². The predicted octanol–water partition coefficient (Wildman–Crippen LogP) is 2.53. The maximum atomic E-state index is 3.65. The molecule has 0 aromatic heterocycles. The van der Waals surface area contributed by atoms with E-state index in [1.54, 1.807) is 5.56 Å². The van der Waals surface area contributed by atoms with Crippen LogP contribution in [0.5, 0.6) is 0 Å². The predicted molar refractivity (Wildman–Crippen MR) is 78.2 cm³/mol. The second-order valence-electron chi connectivity index (χ2n) is 6.79. The molecule has 1 saturated heterocycles. The number of hydrogen-bond donors (Lipinski definition) is 1. The van der Waals surface area contributed by atoms with Crippen LogP contribution >= 0.6 is 0 Å². The molecule has 2 nitrogen and oxygen atoms in total. The van der Waals surface area contributed by atoms with Crippen molar-refractivity contribution in [2.75, 3.05) is 26.2 Å². The molecule has 1 spiro atoms.